The molecular formula is C48H46F6N2O8. The van der Waals surface area contributed by atoms with Crippen LogP contribution in [0.4, 0.5) is 37.7 Å². The van der Waals surface area contributed by atoms with E-state index >= 15 is 0 Å². The lowest BCUT2D eigenvalue weighted by Crippen LogP contribution is -2.05. The van der Waals surface area contributed by atoms with E-state index in [-0.39, 0.29) is 91.0 Å². The van der Waals surface area contributed by atoms with Gasteiger partial charge < -0.3 is 40.1 Å². The first kappa shape index (κ1) is 46.7. The highest BCUT2D eigenvalue weighted by atomic mass is 19.4. The van der Waals surface area contributed by atoms with Gasteiger partial charge in [0.1, 0.15) is 34.4 Å². The van der Waals surface area contributed by atoms with Crippen LogP contribution in [0.5, 0.6) is 46.0 Å². The first-order chi connectivity index (χ1) is 29.9. The highest BCUT2D eigenvalue weighted by Gasteiger charge is 2.33. The molecule has 16 heteroatoms. The van der Waals surface area contributed by atoms with Crippen molar-refractivity contribution in [2.24, 2.45) is 9.98 Å². The molecule has 0 fully saturated rings. The van der Waals surface area contributed by atoms with E-state index in [0.717, 1.165) is 48.8 Å². The average Bonchev–Trinajstić information content (AvgIpc) is 3.19. The lowest BCUT2D eigenvalue weighted by molar-refractivity contribution is -0.138. The molecule has 64 heavy (non-hydrogen) atoms. The van der Waals surface area contributed by atoms with Crippen LogP contribution in [0.2, 0.25) is 0 Å². The van der Waals surface area contributed by atoms with Crippen molar-refractivity contribution in [2.45, 2.75) is 79.6 Å². The second-order valence-corrected chi connectivity index (χ2v) is 15.8. The summed E-state index contributed by atoms with van der Waals surface area (Å²) < 4.78 is 93.9. The van der Waals surface area contributed by atoms with Gasteiger partial charge in [0.15, 0.2) is 23.0 Å². The molecule has 6 N–H and O–H groups in total. The van der Waals surface area contributed by atoms with Gasteiger partial charge in [0.2, 0.25) is 0 Å². The molecule has 0 radical (unpaired) electrons. The van der Waals surface area contributed by atoms with E-state index in [9.17, 15) is 57.0 Å². The fourth-order valence-electron chi connectivity index (χ4n) is 8.04. The van der Waals surface area contributed by atoms with Gasteiger partial charge in [0.25, 0.3) is 0 Å². The van der Waals surface area contributed by atoms with E-state index < -0.39 is 69.8 Å². The van der Waals surface area contributed by atoms with Gasteiger partial charge >= 0.3 is 12.4 Å². The minimum absolute atomic E-state index is 0.00835. The van der Waals surface area contributed by atoms with Crippen molar-refractivity contribution in [1.29, 1.82) is 0 Å². The van der Waals surface area contributed by atoms with Gasteiger partial charge in [0, 0.05) is 45.5 Å². The van der Waals surface area contributed by atoms with Gasteiger partial charge in [-0.25, -0.2) is 0 Å². The second-order valence-electron chi connectivity index (χ2n) is 15.8. The van der Waals surface area contributed by atoms with Crippen molar-refractivity contribution in [3.8, 4) is 57.1 Å². The van der Waals surface area contributed by atoms with Crippen LogP contribution in [0.25, 0.3) is 32.7 Å². The largest absolute Gasteiger partial charge is 0.507 e. The summed E-state index contributed by atoms with van der Waals surface area (Å²) in [6.07, 6.45) is -7.51. The number of aliphatic imine (C=N–C) groups is 2. The zero-order chi connectivity index (χ0) is 47.3. The zero-order valence-electron chi connectivity index (χ0n) is 36.0. The van der Waals surface area contributed by atoms with Crippen LogP contribution in [0.15, 0.2) is 58.5 Å². The molecule has 10 nitrogen and oxygen atoms in total. The zero-order valence-corrected chi connectivity index (χ0v) is 36.0. The Kier molecular flexibility index (Phi) is 12.7. The number of fused-ring (bicyclic) bond motifs is 2. The van der Waals surface area contributed by atoms with Gasteiger partial charge in [-0.2, -0.15) is 26.3 Å². The number of benzene rings is 6. The predicted octanol–water partition coefficient (Wildman–Crippen LogP) is 13.1. The Labute approximate surface area is 364 Å². The Morgan fingerprint density at radius 2 is 0.875 bits per heavy atom. The summed E-state index contributed by atoms with van der Waals surface area (Å²) in [7, 11) is 0. The lowest BCUT2D eigenvalue weighted by Gasteiger charge is -2.23. The molecule has 6 aromatic rings. The van der Waals surface area contributed by atoms with Crippen LogP contribution in [0, 0.1) is 13.8 Å². The minimum Gasteiger partial charge on any atom is -0.507 e. The highest BCUT2D eigenvalue weighted by Crippen LogP contribution is 2.55. The van der Waals surface area contributed by atoms with Crippen molar-refractivity contribution in [2.75, 3.05) is 13.2 Å². The third-order valence-corrected chi connectivity index (χ3v) is 10.8. The van der Waals surface area contributed by atoms with Crippen molar-refractivity contribution < 1.29 is 66.5 Å². The Morgan fingerprint density at radius 3 is 1.17 bits per heavy atom. The number of alkyl halides is 6. The molecule has 0 amide bonds. The molecule has 0 heterocycles. The number of halogens is 6. The van der Waals surface area contributed by atoms with Gasteiger partial charge in [-0.15, -0.1) is 0 Å². The summed E-state index contributed by atoms with van der Waals surface area (Å²) in [5, 5.41) is 71.1. The van der Waals surface area contributed by atoms with Crippen molar-refractivity contribution >= 4 is 45.3 Å². The number of hydrogen-bond acceptors (Lipinski definition) is 10. The molecule has 338 valence electrons. The van der Waals surface area contributed by atoms with Crippen LogP contribution < -0.4 is 9.47 Å². The first-order valence-electron chi connectivity index (χ1n) is 20.2. The van der Waals surface area contributed by atoms with Crippen LogP contribution >= 0.6 is 0 Å². The summed E-state index contributed by atoms with van der Waals surface area (Å²) >= 11 is 0. The normalized spacial score (nSPS) is 12.6. The van der Waals surface area contributed by atoms with Crippen molar-refractivity contribution in [1.82, 2.24) is 0 Å². The summed E-state index contributed by atoms with van der Waals surface area (Å²) in [5.41, 5.74) is -2.13. The van der Waals surface area contributed by atoms with E-state index in [4.69, 9.17) is 9.47 Å². The van der Waals surface area contributed by atoms with Crippen LogP contribution in [0.1, 0.15) is 97.9 Å². The standard InChI is InChI=1S/C48H46F6N2O8/c1-9-63-33-13-11-25(47(49,50)51)17-31(33)55-19-29-39-27(35(21(3)4)45(61)41(29)57)15-23(7)37(43(39)59)38-24(8)16-28-36(22(5)6)46(62)42(58)30(40(28)44(38)60)20-56-32-18-26(48(52,53)54)12-14-34(32)64-10-2/h11-22,57-62H,9-10H2,1-8H3. The fraction of sp³-hybridized carbons (Fsp3) is 0.292. The molecule has 6 aromatic carbocycles. The van der Waals surface area contributed by atoms with Gasteiger partial charge in [0.05, 0.1) is 35.5 Å². The molecule has 0 aliphatic heterocycles. The van der Waals surface area contributed by atoms with E-state index in [1.807, 2.05) is 0 Å². The summed E-state index contributed by atoms with van der Waals surface area (Å²) in [4.78, 5) is 8.51. The number of nitrogens with zero attached hydrogens (tertiary/aromatic N) is 2. The van der Waals surface area contributed by atoms with Crippen LogP contribution in [0.3, 0.4) is 0 Å². The Balaban J connectivity index is 1.71. The Bertz CT molecular complexity index is 2690. The average molecular weight is 893 g/mol. The van der Waals surface area contributed by atoms with Crippen molar-refractivity contribution in [3.05, 3.63) is 93.0 Å². The molecule has 6 rings (SSSR count). The molecule has 0 unspecified atom stereocenters. The quantitative estimate of drug-likeness (QED) is 0.0425. The Hall–Kier alpha value is -6.84. The first-order valence-corrected chi connectivity index (χ1v) is 20.2. The summed E-state index contributed by atoms with van der Waals surface area (Å²) in [6.45, 7) is 13.5. The predicted molar refractivity (Wildman–Crippen MR) is 234 cm³/mol. The molecular weight excluding hydrogens is 847 g/mol. The van der Waals surface area contributed by atoms with Gasteiger partial charge in [-0.1, -0.05) is 39.8 Å². The summed E-state index contributed by atoms with van der Waals surface area (Å²) in [5.74, 6) is -4.70. The fourth-order valence-corrected chi connectivity index (χ4v) is 8.04. The monoisotopic (exact) mass is 892 g/mol. The number of aromatic hydroxyl groups is 6. The van der Waals surface area contributed by atoms with E-state index in [2.05, 4.69) is 9.98 Å². The highest BCUT2D eigenvalue weighted by molar-refractivity contribution is 6.15. The third kappa shape index (κ3) is 8.36. The molecule has 0 aromatic heterocycles. The number of rotatable bonds is 11. The molecule has 0 spiro atoms. The lowest BCUT2D eigenvalue weighted by atomic mass is 9.83. The van der Waals surface area contributed by atoms with Gasteiger partial charge in [-0.05, 0) is 97.8 Å². The van der Waals surface area contributed by atoms with Crippen molar-refractivity contribution in [3.63, 3.8) is 0 Å². The second kappa shape index (κ2) is 17.4. The number of phenolic OH excluding ortho intramolecular Hbond substituents is 6. The number of phenols is 6. The van der Waals surface area contributed by atoms with Crippen LogP contribution in [-0.2, 0) is 12.4 Å². The third-order valence-electron chi connectivity index (χ3n) is 10.8. The van der Waals surface area contributed by atoms with E-state index in [1.165, 1.54) is 0 Å². The van der Waals surface area contributed by atoms with Gasteiger partial charge in [-0.3, -0.25) is 9.98 Å². The maximum Gasteiger partial charge on any atom is 0.416 e. The van der Waals surface area contributed by atoms with Crippen LogP contribution in [-0.4, -0.2) is 56.3 Å². The molecule has 0 saturated heterocycles. The number of ether oxygens (including phenoxy) is 2. The molecule has 0 aliphatic carbocycles. The molecule has 0 atom stereocenters. The van der Waals surface area contributed by atoms with E-state index in [0.29, 0.717) is 11.1 Å². The number of hydrogen-bond donors (Lipinski definition) is 6. The maximum absolute atomic E-state index is 13.8. The maximum atomic E-state index is 13.8. The molecule has 0 aliphatic rings. The SMILES string of the molecule is CCOc1ccc(C(F)(F)F)cc1N=Cc1c(O)c(O)c(C(C)C)c2cc(C)c(-c3c(C)cc4c(C(C)C)c(O)c(O)c(C=Nc5cc(C(F)(F)F)ccc5OCC)c4c3O)c(O)c12. The molecule has 0 saturated carbocycles. The topological polar surface area (TPSA) is 165 Å². The minimum atomic E-state index is -4.74. The Morgan fingerprint density at radius 1 is 0.531 bits per heavy atom. The number of aryl methyl sites for hydroxylation is 2. The smallest absolute Gasteiger partial charge is 0.416 e. The molecule has 0 bridgehead atoms. The summed E-state index contributed by atoms with van der Waals surface area (Å²) in [6, 6.07) is 8.52. The van der Waals surface area contributed by atoms with E-state index in [1.54, 1.807) is 67.5 Å².